The lowest BCUT2D eigenvalue weighted by Gasteiger charge is -2.25. The van der Waals surface area contributed by atoms with Gasteiger partial charge in [0, 0.05) is 11.8 Å². The number of benzene rings is 1. The van der Waals surface area contributed by atoms with E-state index in [9.17, 15) is 4.79 Å². The highest BCUT2D eigenvalue weighted by molar-refractivity contribution is 5.95. The second kappa shape index (κ2) is 8.25. The van der Waals surface area contributed by atoms with Gasteiger partial charge in [-0.1, -0.05) is 40.7 Å². The van der Waals surface area contributed by atoms with E-state index in [1.165, 1.54) is 0 Å². The maximum atomic E-state index is 12.1. The van der Waals surface area contributed by atoms with Crippen LogP contribution in [-0.4, -0.2) is 18.6 Å². The van der Waals surface area contributed by atoms with Crippen molar-refractivity contribution < 1.29 is 9.53 Å². The Morgan fingerprint density at radius 2 is 1.95 bits per heavy atom. The van der Waals surface area contributed by atoms with Gasteiger partial charge in [0.25, 0.3) is 0 Å². The molecule has 1 aromatic rings. The highest BCUT2D eigenvalue weighted by atomic mass is 35.5. The van der Waals surface area contributed by atoms with Gasteiger partial charge in [0.2, 0.25) is 5.91 Å². The lowest BCUT2D eigenvalue weighted by molar-refractivity contribution is -0.119. The largest absolute Gasteiger partial charge is 0.493 e. The summed E-state index contributed by atoms with van der Waals surface area (Å²) in [6.45, 7) is 10.7. The van der Waals surface area contributed by atoms with Crippen molar-refractivity contribution in [2.75, 3.05) is 11.9 Å². The molecule has 0 aromatic heterocycles. The summed E-state index contributed by atoms with van der Waals surface area (Å²) >= 11 is 0. The van der Waals surface area contributed by atoms with Gasteiger partial charge in [-0.3, -0.25) is 4.79 Å². The van der Waals surface area contributed by atoms with Crippen molar-refractivity contribution >= 4 is 24.0 Å². The van der Waals surface area contributed by atoms with Crippen LogP contribution >= 0.6 is 12.4 Å². The standard InChI is InChI=1S/C16H26N2O2.ClH/c1-11(2)10-20-13-8-6-7-12(9-13)18-15(19)14(17)16(3,4)5;/h6-9,11,14H,10,17H2,1-5H3,(H,18,19);1H/t14-;/m1./s1. The summed E-state index contributed by atoms with van der Waals surface area (Å²) in [5.41, 5.74) is 6.37. The molecule has 120 valence electrons. The molecule has 0 heterocycles. The van der Waals surface area contributed by atoms with Crippen molar-refractivity contribution in [3.63, 3.8) is 0 Å². The molecule has 0 unspecified atom stereocenters. The van der Waals surface area contributed by atoms with Crippen LogP contribution in [0.4, 0.5) is 5.69 Å². The average Bonchev–Trinajstić information content (AvgIpc) is 2.34. The van der Waals surface area contributed by atoms with Gasteiger partial charge in [0.15, 0.2) is 0 Å². The highest BCUT2D eigenvalue weighted by Crippen LogP contribution is 2.21. The predicted octanol–water partition coefficient (Wildman–Crippen LogP) is 3.46. The van der Waals surface area contributed by atoms with Crippen molar-refractivity contribution in [2.45, 2.75) is 40.7 Å². The summed E-state index contributed by atoms with van der Waals surface area (Å²) < 4.78 is 5.63. The van der Waals surface area contributed by atoms with Crippen molar-refractivity contribution in [1.29, 1.82) is 0 Å². The summed E-state index contributed by atoms with van der Waals surface area (Å²) in [6, 6.07) is 6.82. The third kappa shape index (κ3) is 6.82. The molecule has 21 heavy (non-hydrogen) atoms. The average molecular weight is 315 g/mol. The fraction of sp³-hybridized carbons (Fsp3) is 0.562. The van der Waals surface area contributed by atoms with Crippen molar-refractivity contribution in [3.8, 4) is 5.75 Å². The van der Waals surface area contributed by atoms with E-state index >= 15 is 0 Å². The first-order chi connectivity index (χ1) is 9.20. The SMILES string of the molecule is CC(C)COc1cccc(NC(=O)[C@@H](N)C(C)(C)C)c1.Cl. The van der Waals surface area contributed by atoms with Crippen molar-refractivity contribution in [2.24, 2.45) is 17.1 Å². The van der Waals surface area contributed by atoms with E-state index in [0.29, 0.717) is 18.2 Å². The van der Waals surface area contributed by atoms with Crippen molar-refractivity contribution in [1.82, 2.24) is 0 Å². The minimum atomic E-state index is -0.553. The van der Waals surface area contributed by atoms with Gasteiger partial charge in [-0.25, -0.2) is 0 Å². The Labute approximate surface area is 133 Å². The minimum absolute atomic E-state index is 0. The Balaban J connectivity index is 0.00000400. The van der Waals surface area contributed by atoms with Crippen LogP contribution < -0.4 is 15.8 Å². The van der Waals surface area contributed by atoms with Gasteiger partial charge in [0.1, 0.15) is 5.75 Å². The Bertz CT molecular complexity index is 456. The van der Waals surface area contributed by atoms with Crippen LogP contribution in [0.25, 0.3) is 0 Å². The maximum absolute atomic E-state index is 12.1. The van der Waals surface area contributed by atoms with Crippen LogP contribution in [0.15, 0.2) is 24.3 Å². The molecule has 1 rings (SSSR count). The Hall–Kier alpha value is -1.26. The van der Waals surface area contributed by atoms with Gasteiger partial charge in [-0.2, -0.15) is 0 Å². The number of anilines is 1. The molecular weight excluding hydrogens is 288 g/mol. The first kappa shape index (κ1) is 19.7. The van der Waals surface area contributed by atoms with E-state index in [2.05, 4.69) is 19.2 Å². The van der Waals surface area contributed by atoms with Gasteiger partial charge in [-0.15, -0.1) is 12.4 Å². The number of ether oxygens (including phenoxy) is 1. The number of halogens is 1. The summed E-state index contributed by atoms with van der Waals surface area (Å²) in [7, 11) is 0. The van der Waals surface area contributed by atoms with Crippen LogP contribution in [0.2, 0.25) is 0 Å². The Morgan fingerprint density at radius 1 is 1.33 bits per heavy atom. The molecule has 1 amide bonds. The van der Waals surface area contributed by atoms with Gasteiger partial charge >= 0.3 is 0 Å². The number of rotatable bonds is 5. The molecule has 0 radical (unpaired) electrons. The molecule has 5 heteroatoms. The Kier molecular flexibility index (Phi) is 7.75. The molecule has 0 saturated heterocycles. The second-order valence-corrected chi connectivity index (χ2v) is 6.57. The molecule has 0 saturated carbocycles. The van der Waals surface area contributed by atoms with E-state index < -0.39 is 6.04 Å². The summed E-state index contributed by atoms with van der Waals surface area (Å²) in [4.78, 5) is 12.1. The molecular formula is C16H27ClN2O2. The van der Waals surface area contributed by atoms with E-state index in [-0.39, 0.29) is 23.7 Å². The smallest absolute Gasteiger partial charge is 0.241 e. The maximum Gasteiger partial charge on any atom is 0.241 e. The quantitative estimate of drug-likeness (QED) is 0.875. The fourth-order valence-corrected chi connectivity index (χ4v) is 1.54. The third-order valence-corrected chi connectivity index (χ3v) is 2.90. The fourth-order valence-electron chi connectivity index (χ4n) is 1.54. The summed E-state index contributed by atoms with van der Waals surface area (Å²) in [6.07, 6.45) is 0. The molecule has 1 aromatic carbocycles. The zero-order valence-electron chi connectivity index (χ0n) is 13.5. The predicted molar refractivity (Wildman–Crippen MR) is 90.1 cm³/mol. The van der Waals surface area contributed by atoms with Gasteiger partial charge < -0.3 is 15.8 Å². The number of nitrogens with two attached hydrogens (primary N) is 1. The minimum Gasteiger partial charge on any atom is -0.493 e. The molecule has 1 atom stereocenters. The normalized spacial score (nSPS) is 12.5. The monoisotopic (exact) mass is 314 g/mol. The van der Waals surface area contributed by atoms with Crippen LogP contribution in [0.1, 0.15) is 34.6 Å². The van der Waals surface area contributed by atoms with E-state index in [1.807, 2.05) is 45.0 Å². The lowest BCUT2D eigenvalue weighted by Crippen LogP contribution is -2.45. The van der Waals surface area contributed by atoms with Crippen molar-refractivity contribution in [3.05, 3.63) is 24.3 Å². The first-order valence-corrected chi connectivity index (χ1v) is 6.99. The van der Waals surface area contributed by atoms with Crippen LogP contribution in [0.5, 0.6) is 5.75 Å². The number of carbonyl (C=O) groups is 1. The number of hydrogen-bond donors (Lipinski definition) is 2. The number of amides is 1. The highest BCUT2D eigenvalue weighted by Gasteiger charge is 2.27. The van der Waals surface area contributed by atoms with E-state index in [4.69, 9.17) is 10.5 Å². The van der Waals surface area contributed by atoms with Crippen LogP contribution in [0.3, 0.4) is 0 Å². The molecule has 0 bridgehead atoms. The van der Waals surface area contributed by atoms with E-state index in [1.54, 1.807) is 0 Å². The summed E-state index contributed by atoms with van der Waals surface area (Å²) in [5.74, 6) is 1.03. The zero-order chi connectivity index (χ0) is 15.3. The van der Waals surface area contributed by atoms with E-state index in [0.717, 1.165) is 5.75 Å². The number of hydrogen-bond acceptors (Lipinski definition) is 3. The van der Waals surface area contributed by atoms with Gasteiger partial charge in [-0.05, 0) is 23.5 Å². The lowest BCUT2D eigenvalue weighted by atomic mass is 9.87. The van der Waals surface area contributed by atoms with Crippen LogP contribution in [0, 0.1) is 11.3 Å². The number of carbonyl (C=O) groups excluding carboxylic acids is 1. The molecule has 0 spiro atoms. The molecule has 0 aliphatic rings. The number of nitrogens with one attached hydrogen (secondary N) is 1. The molecule has 0 aliphatic heterocycles. The topological polar surface area (TPSA) is 64.3 Å². The molecule has 0 aliphatic carbocycles. The first-order valence-electron chi connectivity index (χ1n) is 6.99. The second-order valence-electron chi connectivity index (χ2n) is 6.57. The molecule has 4 nitrogen and oxygen atoms in total. The zero-order valence-corrected chi connectivity index (χ0v) is 14.3. The Morgan fingerprint density at radius 3 is 2.48 bits per heavy atom. The van der Waals surface area contributed by atoms with Crippen LogP contribution in [-0.2, 0) is 4.79 Å². The molecule has 3 N–H and O–H groups in total. The summed E-state index contributed by atoms with van der Waals surface area (Å²) in [5, 5.41) is 2.83. The van der Waals surface area contributed by atoms with Gasteiger partial charge in [0.05, 0.1) is 12.6 Å². The molecule has 0 fully saturated rings. The third-order valence-electron chi connectivity index (χ3n) is 2.90.